The van der Waals surface area contributed by atoms with E-state index >= 15 is 0 Å². The second-order valence-corrected chi connectivity index (χ2v) is 6.62. The van der Waals surface area contributed by atoms with Crippen molar-refractivity contribution in [3.05, 3.63) is 77.9 Å². The zero-order valence-corrected chi connectivity index (χ0v) is 13.9. The molecule has 0 amide bonds. The molecule has 1 heterocycles. The summed E-state index contributed by atoms with van der Waals surface area (Å²) in [4.78, 5) is 0. The van der Waals surface area contributed by atoms with Crippen LogP contribution in [-0.4, -0.2) is 4.57 Å². The minimum Gasteiger partial charge on any atom is -0.309 e. The molecule has 4 aromatic rings. The molecule has 0 N–H and O–H groups in total. The van der Waals surface area contributed by atoms with Crippen LogP contribution >= 0.6 is 0 Å². The maximum atomic E-state index is 2.38. The second-order valence-electron chi connectivity index (χ2n) is 6.62. The quantitative estimate of drug-likeness (QED) is 0.414. The Morgan fingerprint density at radius 3 is 2.17 bits per heavy atom. The fourth-order valence-corrected chi connectivity index (χ4v) is 3.37. The lowest BCUT2D eigenvalue weighted by Crippen LogP contribution is -1.95. The van der Waals surface area contributed by atoms with Crippen molar-refractivity contribution in [3.63, 3.8) is 0 Å². The molecule has 0 saturated heterocycles. The first-order chi connectivity index (χ1) is 11.1. The van der Waals surface area contributed by atoms with Gasteiger partial charge in [0.15, 0.2) is 0 Å². The Morgan fingerprint density at radius 2 is 1.43 bits per heavy atom. The summed E-state index contributed by atoms with van der Waals surface area (Å²) in [6.07, 6.45) is 0. The molecule has 0 aliphatic rings. The van der Waals surface area contributed by atoms with Crippen LogP contribution in [0.3, 0.4) is 0 Å². The van der Waals surface area contributed by atoms with E-state index < -0.39 is 0 Å². The Labute approximate surface area is 137 Å². The highest BCUT2D eigenvalue weighted by Gasteiger charge is 2.12. The van der Waals surface area contributed by atoms with E-state index in [0.29, 0.717) is 5.92 Å². The highest BCUT2D eigenvalue weighted by atomic mass is 15.0. The van der Waals surface area contributed by atoms with Crippen LogP contribution < -0.4 is 0 Å². The predicted molar refractivity (Wildman–Crippen MR) is 99.6 cm³/mol. The molecular formula is C22H21N. The van der Waals surface area contributed by atoms with E-state index in [1.807, 2.05) is 0 Å². The molecule has 1 heteroatoms. The number of nitrogens with zero attached hydrogens (tertiary/aromatic N) is 1. The van der Waals surface area contributed by atoms with Gasteiger partial charge in [-0.15, -0.1) is 0 Å². The maximum absolute atomic E-state index is 2.38. The van der Waals surface area contributed by atoms with Gasteiger partial charge in [-0.25, -0.2) is 0 Å². The standard InChI is InChI=1S/C22H21N/c1-15(2)17-9-11-18(12-10-17)23-21-7-5-4-6-19(21)20-13-8-16(3)14-22(20)23/h4-15H,1-3H3. The molecule has 0 aliphatic heterocycles. The van der Waals surface area contributed by atoms with Gasteiger partial charge in [-0.2, -0.15) is 0 Å². The van der Waals surface area contributed by atoms with E-state index in [1.165, 1.54) is 38.6 Å². The molecule has 4 rings (SSSR count). The van der Waals surface area contributed by atoms with Gasteiger partial charge in [0.2, 0.25) is 0 Å². The third kappa shape index (κ3) is 2.24. The summed E-state index contributed by atoms with van der Waals surface area (Å²) in [7, 11) is 0. The maximum Gasteiger partial charge on any atom is 0.0543 e. The average molecular weight is 299 g/mol. The van der Waals surface area contributed by atoms with Crippen LogP contribution in [0.1, 0.15) is 30.9 Å². The number of benzene rings is 3. The molecule has 114 valence electrons. The summed E-state index contributed by atoms with van der Waals surface area (Å²) in [6, 6.07) is 24.4. The van der Waals surface area contributed by atoms with Crippen LogP contribution in [-0.2, 0) is 0 Å². The van der Waals surface area contributed by atoms with Crippen LogP contribution in [0.15, 0.2) is 66.7 Å². The van der Waals surface area contributed by atoms with Crippen LogP contribution in [0, 0.1) is 6.92 Å². The SMILES string of the molecule is Cc1ccc2c3ccccc3n(-c3ccc(C(C)C)cc3)c2c1. The van der Waals surface area contributed by atoms with Crippen LogP contribution in [0.4, 0.5) is 0 Å². The molecule has 0 atom stereocenters. The monoisotopic (exact) mass is 299 g/mol. The first kappa shape index (κ1) is 14.1. The zero-order chi connectivity index (χ0) is 16.0. The van der Waals surface area contributed by atoms with E-state index in [-0.39, 0.29) is 0 Å². The molecule has 0 unspecified atom stereocenters. The number of aryl methyl sites for hydroxylation is 1. The third-order valence-electron chi connectivity index (χ3n) is 4.65. The van der Waals surface area contributed by atoms with Gasteiger partial charge in [0.1, 0.15) is 0 Å². The van der Waals surface area contributed by atoms with Crippen molar-refractivity contribution < 1.29 is 0 Å². The normalized spacial score (nSPS) is 11.7. The minimum absolute atomic E-state index is 0.560. The number of para-hydroxylation sites is 1. The molecule has 0 aliphatic carbocycles. The van der Waals surface area contributed by atoms with Gasteiger partial charge in [-0.1, -0.05) is 56.3 Å². The first-order valence-electron chi connectivity index (χ1n) is 8.25. The molecule has 0 bridgehead atoms. The van der Waals surface area contributed by atoms with E-state index in [9.17, 15) is 0 Å². The predicted octanol–water partition coefficient (Wildman–Crippen LogP) is 6.22. The van der Waals surface area contributed by atoms with E-state index in [1.54, 1.807) is 0 Å². The molecule has 0 saturated carbocycles. The molecule has 3 aromatic carbocycles. The first-order valence-corrected chi connectivity index (χ1v) is 8.25. The van der Waals surface area contributed by atoms with Crippen molar-refractivity contribution in [2.75, 3.05) is 0 Å². The van der Waals surface area contributed by atoms with Crippen molar-refractivity contribution in [3.8, 4) is 5.69 Å². The summed E-state index contributed by atoms with van der Waals surface area (Å²) in [5, 5.41) is 2.63. The topological polar surface area (TPSA) is 4.93 Å². The Morgan fingerprint density at radius 1 is 0.739 bits per heavy atom. The van der Waals surface area contributed by atoms with Gasteiger partial charge in [0, 0.05) is 16.5 Å². The Balaban J connectivity index is 2.05. The molecule has 0 spiro atoms. The number of hydrogen-bond acceptors (Lipinski definition) is 0. The van der Waals surface area contributed by atoms with Crippen LogP contribution in [0.2, 0.25) is 0 Å². The lowest BCUT2D eigenvalue weighted by Gasteiger charge is -2.10. The summed E-state index contributed by atoms with van der Waals surface area (Å²) in [5.41, 5.74) is 6.45. The molecule has 1 nitrogen and oxygen atoms in total. The Bertz CT molecular complexity index is 988. The van der Waals surface area contributed by atoms with E-state index in [4.69, 9.17) is 0 Å². The molecule has 0 fully saturated rings. The van der Waals surface area contributed by atoms with Gasteiger partial charge in [-0.3, -0.25) is 0 Å². The lowest BCUT2D eigenvalue weighted by molar-refractivity contribution is 0.866. The van der Waals surface area contributed by atoms with Crippen molar-refractivity contribution in [1.82, 2.24) is 4.57 Å². The van der Waals surface area contributed by atoms with Gasteiger partial charge in [0.25, 0.3) is 0 Å². The molecule has 23 heavy (non-hydrogen) atoms. The van der Waals surface area contributed by atoms with Gasteiger partial charge >= 0.3 is 0 Å². The Kier molecular flexibility index (Phi) is 3.23. The van der Waals surface area contributed by atoms with Gasteiger partial charge in [-0.05, 0) is 48.2 Å². The zero-order valence-electron chi connectivity index (χ0n) is 13.9. The van der Waals surface area contributed by atoms with Gasteiger partial charge in [0.05, 0.1) is 11.0 Å². The third-order valence-corrected chi connectivity index (χ3v) is 4.65. The number of fused-ring (bicyclic) bond motifs is 3. The fourth-order valence-electron chi connectivity index (χ4n) is 3.37. The van der Waals surface area contributed by atoms with Crippen molar-refractivity contribution in [2.24, 2.45) is 0 Å². The van der Waals surface area contributed by atoms with Crippen molar-refractivity contribution >= 4 is 21.8 Å². The molecule has 0 radical (unpaired) electrons. The minimum atomic E-state index is 0.560. The largest absolute Gasteiger partial charge is 0.309 e. The smallest absolute Gasteiger partial charge is 0.0543 e. The van der Waals surface area contributed by atoms with Crippen LogP contribution in [0.5, 0.6) is 0 Å². The average Bonchev–Trinajstić information content (AvgIpc) is 2.88. The molecular weight excluding hydrogens is 278 g/mol. The highest BCUT2D eigenvalue weighted by molar-refractivity contribution is 6.09. The molecule has 1 aromatic heterocycles. The summed E-state index contributed by atoms with van der Waals surface area (Å²) in [6.45, 7) is 6.63. The summed E-state index contributed by atoms with van der Waals surface area (Å²) < 4.78 is 2.38. The van der Waals surface area contributed by atoms with Crippen molar-refractivity contribution in [1.29, 1.82) is 0 Å². The highest BCUT2D eigenvalue weighted by Crippen LogP contribution is 2.32. The Hall–Kier alpha value is -2.54. The lowest BCUT2D eigenvalue weighted by atomic mass is 10.0. The number of aromatic nitrogens is 1. The summed E-state index contributed by atoms with van der Waals surface area (Å²) >= 11 is 0. The van der Waals surface area contributed by atoms with Gasteiger partial charge < -0.3 is 4.57 Å². The fraction of sp³-hybridized carbons (Fsp3) is 0.182. The van der Waals surface area contributed by atoms with E-state index in [2.05, 4.69) is 92.1 Å². The van der Waals surface area contributed by atoms with E-state index in [0.717, 1.165) is 0 Å². The van der Waals surface area contributed by atoms with Crippen LogP contribution in [0.25, 0.3) is 27.5 Å². The second kappa shape index (κ2) is 5.27. The number of rotatable bonds is 2. The van der Waals surface area contributed by atoms with Crippen molar-refractivity contribution in [2.45, 2.75) is 26.7 Å². The number of hydrogen-bond donors (Lipinski definition) is 0. The summed E-state index contributed by atoms with van der Waals surface area (Å²) in [5.74, 6) is 0.560.